The number of aliphatic hydroxyl groups is 1. The third kappa shape index (κ3) is 2.73. The van der Waals surface area contributed by atoms with Gasteiger partial charge in [-0.2, -0.15) is 0 Å². The lowest BCUT2D eigenvalue weighted by atomic mass is 10.2. The average Bonchev–Trinajstić information content (AvgIpc) is 2.78. The Hall–Kier alpha value is -2.18. The first kappa shape index (κ1) is 12.3. The van der Waals surface area contributed by atoms with Crippen molar-refractivity contribution < 1.29 is 14.3 Å². The Labute approximate surface area is 106 Å². The van der Waals surface area contributed by atoms with Gasteiger partial charge in [-0.05, 0) is 30.7 Å². The molecule has 3 nitrogen and oxygen atoms in total. The van der Waals surface area contributed by atoms with Gasteiger partial charge in [0, 0.05) is 0 Å². The van der Waals surface area contributed by atoms with Gasteiger partial charge in [-0.15, -0.1) is 6.42 Å². The molecule has 92 valence electrons. The lowest BCUT2D eigenvalue weighted by molar-refractivity contribution is 0.194. The van der Waals surface area contributed by atoms with Gasteiger partial charge in [-0.25, -0.2) is 0 Å². The molecule has 0 saturated heterocycles. The van der Waals surface area contributed by atoms with E-state index in [1.807, 2.05) is 37.3 Å². The van der Waals surface area contributed by atoms with E-state index in [9.17, 15) is 5.11 Å². The first-order valence-electron chi connectivity index (χ1n) is 5.62. The van der Waals surface area contributed by atoms with Gasteiger partial charge < -0.3 is 14.3 Å². The second kappa shape index (κ2) is 5.44. The maximum atomic E-state index is 9.48. The number of terminal acetylenes is 1. The van der Waals surface area contributed by atoms with Crippen LogP contribution < -0.4 is 4.74 Å². The number of benzene rings is 1. The van der Waals surface area contributed by atoms with Gasteiger partial charge in [0.15, 0.2) is 6.10 Å². The summed E-state index contributed by atoms with van der Waals surface area (Å²) in [5.41, 5.74) is 0.912. The molecule has 1 unspecified atom stereocenters. The SMILES string of the molecule is C#CC(O)c1cc(C)c(COc2ccccc2)o1. The summed E-state index contributed by atoms with van der Waals surface area (Å²) in [6.45, 7) is 2.20. The third-order valence-corrected chi connectivity index (χ3v) is 2.58. The first-order valence-corrected chi connectivity index (χ1v) is 5.62. The zero-order valence-corrected chi connectivity index (χ0v) is 10.1. The molecule has 0 aliphatic rings. The van der Waals surface area contributed by atoms with Crippen molar-refractivity contribution >= 4 is 0 Å². The van der Waals surface area contributed by atoms with E-state index in [4.69, 9.17) is 15.6 Å². The summed E-state index contributed by atoms with van der Waals surface area (Å²) < 4.78 is 11.0. The number of para-hydroxylation sites is 1. The molecule has 2 rings (SSSR count). The van der Waals surface area contributed by atoms with E-state index in [1.54, 1.807) is 6.07 Å². The second-order valence-electron chi connectivity index (χ2n) is 3.93. The Balaban J connectivity index is 2.06. The minimum atomic E-state index is -1.01. The third-order valence-electron chi connectivity index (χ3n) is 2.58. The predicted molar refractivity (Wildman–Crippen MR) is 68.0 cm³/mol. The minimum Gasteiger partial charge on any atom is -0.486 e. The summed E-state index contributed by atoms with van der Waals surface area (Å²) in [5, 5.41) is 9.48. The molecule has 0 aliphatic carbocycles. The fraction of sp³-hybridized carbons (Fsp3) is 0.200. The van der Waals surface area contributed by atoms with Crippen molar-refractivity contribution in [2.45, 2.75) is 19.6 Å². The number of rotatable bonds is 4. The summed E-state index contributed by atoms with van der Waals surface area (Å²) in [6, 6.07) is 11.2. The van der Waals surface area contributed by atoms with Crippen LogP contribution in [0, 0.1) is 19.3 Å². The lowest BCUT2D eigenvalue weighted by Gasteiger charge is -2.04. The van der Waals surface area contributed by atoms with Crippen molar-refractivity contribution in [2.24, 2.45) is 0 Å². The zero-order chi connectivity index (χ0) is 13.0. The van der Waals surface area contributed by atoms with Gasteiger partial charge in [-0.3, -0.25) is 0 Å². The van der Waals surface area contributed by atoms with E-state index in [0.717, 1.165) is 11.3 Å². The molecule has 2 aromatic rings. The lowest BCUT2D eigenvalue weighted by Crippen LogP contribution is -1.95. The molecule has 1 N–H and O–H groups in total. The quantitative estimate of drug-likeness (QED) is 0.838. The predicted octanol–water partition coefficient (Wildman–Crippen LogP) is 2.83. The van der Waals surface area contributed by atoms with E-state index in [-0.39, 0.29) is 0 Å². The Bertz CT molecular complexity index is 549. The van der Waals surface area contributed by atoms with Crippen LogP contribution in [0.4, 0.5) is 0 Å². The van der Waals surface area contributed by atoms with Gasteiger partial charge >= 0.3 is 0 Å². The summed E-state index contributed by atoms with van der Waals surface area (Å²) in [5.74, 6) is 4.03. The van der Waals surface area contributed by atoms with Crippen LogP contribution in [0.2, 0.25) is 0 Å². The molecule has 0 bridgehead atoms. The van der Waals surface area contributed by atoms with Crippen LogP contribution in [0.5, 0.6) is 5.75 Å². The van der Waals surface area contributed by atoms with Crippen LogP contribution in [0.25, 0.3) is 0 Å². The normalized spacial score (nSPS) is 11.8. The van der Waals surface area contributed by atoms with Crippen molar-refractivity contribution in [1.82, 2.24) is 0 Å². The number of furan rings is 1. The molecule has 0 spiro atoms. The molecule has 18 heavy (non-hydrogen) atoms. The van der Waals surface area contributed by atoms with Crippen molar-refractivity contribution in [3.63, 3.8) is 0 Å². The monoisotopic (exact) mass is 242 g/mol. The van der Waals surface area contributed by atoms with Crippen LogP contribution in [0.1, 0.15) is 23.2 Å². The van der Waals surface area contributed by atoms with E-state index in [2.05, 4.69) is 5.92 Å². The fourth-order valence-electron chi connectivity index (χ4n) is 1.57. The van der Waals surface area contributed by atoms with E-state index in [0.29, 0.717) is 18.1 Å². The van der Waals surface area contributed by atoms with E-state index < -0.39 is 6.10 Å². The van der Waals surface area contributed by atoms with Crippen molar-refractivity contribution in [2.75, 3.05) is 0 Å². The maximum Gasteiger partial charge on any atom is 0.172 e. The van der Waals surface area contributed by atoms with Gasteiger partial charge in [0.2, 0.25) is 0 Å². The van der Waals surface area contributed by atoms with Crippen LogP contribution in [-0.4, -0.2) is 5.11 Å². The summed E-state index contributed by atoms with van der Waals surface area (Å²) in [7, 11) is 0. The Morgan fingerprint density at radius 2 is 2.11 bits per heavy atom. The topological polar surface area (TPSA) is 42.6 Å². The van der Waals surface area contributed by atoms with Crippen molar-refractivity contribution in [3.05, 3.63) is 53.5 Å². The zero-order valence-electron chi connectivity index (χ0n) is 10.1. The highest BCUT2D eigenvalue weighted by atomic mass is 16.5. The largest absolute Gasteiger partial charge is 0.486 e. The number of aryl methyl sites for hydroxylation is 1. The van der Waals surface area contributed by atoms with Crippen LogP contribution in [-0.2, 0) is 6.61 Å². The van der Waals surface area contributed by atoms with Crippen LogP contribution in [0.15, 0.2) is 40.8 Å². The second-order valence-corrected chi connectivity index (χ2v) is 3.93. The van der Waals surface area contributed by atoms with Crippen molar-refractivity contribution in [1.29, 1.82) is 0 Å². The van der Waals surface area contributed by atoms with Crippen LogP contribution in [0.3, 0.4) is 0 Å². The smallest absolute Gasteiger partial charge is 0.172 e. The molecule has 1 aromatic carbocycles. The highest BCUT2D eigenvalue weighted by Gasteiger charge is 2.13. The molecule has 1 atom stereocenters. The Kier molecular flexibility index (Phi) is 3.71. The molecule has 0 saturated carbocycles. The molecule has 1 heterocycles. The molecule has 0 aliphatic heterocycles. The molecular weight excluding hydrogens is 228 g/mol. The number of hydrogen-bond acceptors (Lipinski definition) is 3. The Morgan fingerprint density at radius 3 is 2.78 bits per heavy atom. The number of ether oxygens (including phenoxy) is 1. The first-order chi connectivity index (χ1) is 8.70. The number of aliphatic hydroxyl groups excluding tert-OH is 1. The van der Waals surface area contributed by atoms with Crippen LogP contribution >= 0.6 is 0 Å². The van der Waals surface area contributed by atoms with Gasteiger partial charge in [0.1, 0.15) is 23.9 Å². The molecule has 0 radical (unpaired) electrons. The standard InChI is InChI=1S/C15H14O3/c1-3-13(16)14-9-11(2)15(18-14)10-17-12-7-5-4-6-8-12/h1,4-9,13,16H,10H2,2H3. The molecular formula is C15H14O3. The molecule has 1 aromatic heterocycles. The Morgan fingerprint density at radius 1 is 1.39 bits per heavy atom. The van der Waals surface area contributed by atoms with Gasteiger partial charge in [-0.1, -0.05) is 24.1 Å². The maximum absolute atomic E-state index is 9.48. The highest BCUT2D eigenvalue weighted by molar-refractivity contribution is 5.25. The van der Waals surface area contributed by atoms with E-state index >= 15 is 0 Å². The highest BCUT2D eigenvalue weighted by Crippen LogP contribution is 2.22. The number of hydrogen-bond donors (Lipinski definition) is 1. The summed E-state index contributed by atoms with van der Waals surface area (Å²) in [6.07, 6.45) is 4.13. The molecule has 3 heteroatoms. The minimum absolute atomic E-state index is 0.313. The summed E-state index contributed by atoms with van der Waals surface area (Å²) >= 11 is 0. The molecule has 0 amide bonds. The van der Waals surface area contributed by atoms with Crippen molar-refractivity contribution in [3.8, 4) is 18.1 Å². The average molecular weight is 242 g/mol. The van der Waals surface area contributed by atoms with Gasteiger partial charge in [0.05, 0.1) is 0 Å². The van der Waals surface area contributed by atoms with Gasteiger partial charge in [0.25, 0.3) is 0 Å². The summed E-state index contributed by atoms with van der Waals surface area (Å²) in [4.78, 5) is 0. The van der Waals surface area contributed by atoms with E-state index in [1.165, 1.54) is 0 Å². The molecule has 0 fully saturated rings. The fourth-order valence-corrected chi connectivity index (χ4v) is 1.57.